The maximum atomic E-state index is 12.1. The van der Waals surface area contributed by atoms with E-state index < -0.39 is 5.60 Å². The van der Waals surface area contributed by atoms with E-state index in [0.717, 1.165) is 12.0 Å². The number of carbonyl (C=O) groups is 1. The predicted molar refractivity (Wildman–Crippen MR) is 90.6 cm³/mol. The molecule has 24 heavy (non-hydrogen) atoms. The molecule has 1 unspecified atom stereocenters. The third-order valence-corrected chi connectivity index (χ3v) is 3.69. The molecule has 0 aliphatic carbocycles. The lowest BCUT2D eigenvalue weighted by molar-refractivity contribution is 0.0291. The molecule has 1 saturated heterocycles. The lowest BCUT2D eigenvalue weighted by Gasteiger charge is -2.24. The first-order chi connectivity index (χ1) is 11.4. The zero-order chi connectivity index (χ0) is 17.6. The van der Waals surface area contributed by atoms with Crippen molar-refractivity contribution < 1.29 is 14.3 Å². The molecule has 0 bridgehead atoms. The Hall–Kier alpha value is -2.26. The quantitative estimate of drug-likeness (QED) is 0.898. The van der Waals surface area contributed by atoms with Gasteiger partial charge < -0.3 is 19.7 Å². The van der Waals surface area contributed by atoms with Crippen LogP contribution in [0.5, 0.6) is 5.75 Å². The van der Waals surface area contributed by atoms with Crippen LogP contribution in [0.25, 0.3) is 0 Å². The first-order valence-electron chi connectivity index (χ1n) is 8.18. The monoisotopic (exact) mass is 331 g/mol. The van der Waals surface area contributed by atoms with E-state index >= 15 is 0 Å². The highest BCUT2D eigenvalue weighted by atomic mass is 16.6. The number of likely N-dealkylation sites (tertiary alicyclic amines) is 1. The summed E-state index contributed by atoms with van der Waals surface area (Å²) in [7, 11) is 0. The van der Waals surface area contributed by atoms with E-state index in [4.69, 9.17) is 14.7 Å². The molecule has 0 spiro atoms. The summed E-state index contributed by atoms with van der Waals surface area (Å²) in [5, 5.41) is 12.1. The third-order valence-electron chi connectivity index (χ3n) is 3.69. The number of carbonyl (C=O) groups excluding carboxylic acids is 1. The zero-order valence-corrected chi connectivity index (χ0v) is 14.5. The highest BCUT2D eigenvalue weighted by Gasteiger charge is 2.29. The molecule has 130 valence electrons. The lowest BCUT2D eigenvalue weighted by Crippen LogP contribution is -2.38. The predicted octanol–water partition coefficient (Wildman–Crippen LogP) is 2.69. The Morgan fingerprint density at radius 1 is 1.42 bits per heavy atom. The summed E-state index contributed by atoms with van der Waals surface area (Å²) in [5.74, 6) is 0.716. The van der Waals surface area contributed by atoms with Gasteiger partial charge in [-0.3, -0.25) is 0 Å². The Labute approximate surface area is 143 Å². The Kier molecular flexibility index (Phi) is 6.04. The van der Waals surface area contributed by atoms with Crippen LogP contribution < -0.4 is 10.1 Å². The average Bonchev–Trinajstić information content (AvgIpc) is 2.99. The van der Waals surface area contributed by atoms with Gasteiger partial charge in [-0.25, -0.2) is 4.79 Å². The fraction of sp³-hybridized carbons (Fsp3) is 0.556. The summed E-state index contributed by atoms with van der Waals surface area (Å²) in [5.41, 5.74) is 0.531. The lowest BCUT2D eigenvalue weighted by atomic mass is 10.2. The molecule has 6 nitrogen and oxygen atoms in total. The Bertz CT molecular complexity index is 604. The Morgan fingerprint density at radius 2 is 2.17 bits per heavy atom. The molecular formula is C18H25N3O3. The second kappa shape index (κ2) is 8.02. The number of hydrogen-bond donors (Lipinski definition) is 1. The minimum atomic E-state index is -0.473. The van der Waals surface area contributed by atoms with Crippen molar-refractivity contribution in [3.8, 4) is 11.8 Å². The number of ether oxygens (including phenoxy) is 2. The number of nitrogens with zero attached hydrogens (tertiary/aromatic N) is 2. The van der Waals surface area contributed by atoms with Crippen LogP contribution in [0.3, 0.4) is 0 Å². The molecule has 1 aromatic carbocycles. The molecule has 1 aliphatic heterocycles. The van der Waals surface area contributed by atoms with Crippen LogP contribution in [0, 0.1) is 11.3 Å². The molecule has 0 radical (unpaired) electrons. The number of rotatable bonds is 5. The summed E-state index contributed by atoms with van der Waals surface area (Å²) in [6.07, 6.45) is 0.630. The molecule has 2 rings (SSSR count). The molecule has 1 heterocycles. The summed E-state index contributed by atoms with van der Waals surface area (Å²) >= 11 is 0. The van der Waals surface area contributed by atoms with Crippen molar-refractivity contribution in [1.82, 2.24) is 10.2 Å². The summed E-state index contributed by atoms with van der Waals surface area (Å²) in [6, 6.07) is 9.86. The minimum Gasteiger partial charge on any atom is -0.478 e. The van der Waals surface area contributed by atoms with Gasteiger partial charge in [0.05, 0.1) is 0 Å². The average molecular weight is 331 g/mol. The molecule has 1 aromatic rings. The molecule has 1 N–H and O–H groups in total. The van der Waals surface area contributed by atoms with Gasteiger partial charge in [-0.05, 0) is 33.3 Å². The number of para-hydroxylation sites is 1. The van der Waals surface area contributed by atoms with Crippen LogP contribution in [0.2, 0.25) is 0 Å². The van der Waals surface area contributed by atoms with Crippen LogP contribution in [-0.2, 0) is 11.3 Å². The summed E-state index contributed by atoms with van der Waals surface area (Å²) < 4.78 is 10.8. The van der Waals surface area contributed by atoms with Crippen molar-refractivity contribution >= 4 is 6.09 Å². The standard InChI is InChI=1S/C18H25N3O3/c1-18(2,3)24-17(22)21-10-8-15(13-21)20-12-14-6-4-5-7-16(14)23-11-9-19/h4-7,15,20H,8,10-13H2,1-3H3. The Morgan fingerprint density at radius 3 is 2.88 bits per heavy atom. The largest absolute Gasteiger partial charge is 0.478 e. The topological polar surface area (TPSA) is 74.6 Å². The highest BCUT2D eigenvalue weighted by molar-refractivity contribution is 5.68. The van der Waals surface area contributed by atoms with Crippen molar-refractivity contribution in [2.24, 2.45) is 0 Å². The Balaban J connectivity index is 1.84. The van der Waals surface area contributed by atoms with Gasteiger partial charge in [0.2, 0.25) is 0 Å². The van der Waals surface area contributed by atoms with Crippen molar-refractivity contribution in [2.75, 3.05) is 19.7 Å². The van der Waals surface area contributed by atoms with Gasteiger partial charge in [-0.2, -0.15) is 5.26 Å². The van der Waals surface area contributed by atoms with E-state index in [1.54, 1.807) is 4.90 Å². The van der Waals surface area contributed by atoms with E-state index in [1.807, 2.05) is 51.1 Å². The smallest absolute Gasteiger partial charge is 0.410 e. The van der Waals surface area contributed by atoms with Gasteiger partial charge in [-0.1, -0.05) is 18.2 Å². The highest BCUT2D eigenvalue weighted by Crippen LogP contribution is 2.19. The van der Waals surface area contributed by atoms with Crippen molar-refractivity contribution in [3.63, 3.8) is 0 Å². The first-order valence-corrected chi connectivity index (χ1v) is 8.18. The minimum absolute atomic E-state index is 0.0346. The van der Waals surface area contributed by atoms with E-state index in [-0.39, 0.29) is 18.7 Å². The number of benzene rings is 1. The van der Waals surface area contributed by atoms with E-state index in [1.165, 1.54) is 0 Å². The fourth-order valence-corrected chi connectivity index (χ4v) is 2.57. The van der Waals surface area contributed by atoms with E-state index in [9.17, 15) is 4.79 Å². The summed E-state index contributed by atoms with van der Waals surface area (Å²) in [6.45, 7) is 7.61. The van der Waals surface area contributed by atoms with E-state index in [0.29, 0.717) is 25.4 Å². The number of nitrogens with one attached hydrogen (secondary N) is 1. The molecule has 1 fully saturated rings. The van der Waals surface area contributed by atoms with Gasteiger partial charge in [0.25, 0.3) is 0 Å². The van der Waals surface area contributed by atoms with Gasteiger partial charge in [0, 0.05) is 31.2 Å². The van der Waals surface area contributed by atoms with E-state index in [2.05, 4.69) is 5.32 Å². The summed E-state index contributed by atoms with van der Waals surface area (Å²) in [4.78, 5) is 13.8. The van der Waals surface area contributed by atoms with Crippen LogP contribution in [0.1, 0.15) is 32.8 Å². The van der Waals surface area contributed by atoms with Crippen LogP contribution in [-0.4, -0.2) is 42.3 Å². The fourth-order valence-electron chi connectivity index (χ4n) is 2.57. The van der Waals surface area contributed by atoms with Gasteiger partial charge in [0.1, 0.15) is 17.4 Å². The number of amides is 1. The molecule has 1 aliphatic rings. The second-order valence-electron chi connectivity index (χ2n) is 6.85. The molecular weight excluding hydrogens is 306 g/mol. The molecule has 1 amide bonds. The van der Waals surface area contributed by atoms with Crippen LogP contribution in [0.15, 0.2) is 24.3 Å². The molecule has 0 aromatic heterocycles. The van der Waals surface area contributed by atoms with Gasteiger partial charge in [-0.15, -0.1) is 0 Å². The number of hydrogen-bond acceptors (Lipinski definition) is 5. The third kappa shape index (κ3) is 5.43. The molecule has 0 saturated carbocycles. The molecule has 1 atom stereocenters. The van der Waals surface area contributed by atoms with Crippen molar-refractivity contribution in [3.05, 3.63) is 29.8 Å². The zero-order valence-electron chi connectivity index (χ0n) is 14.5. The molecule has 6 heteroatoms. The maximum absolute atomic E-state index is 12.1. The normalized spacial score (nSPS) is 17.4. The second-order valence-corrected chi connectivity index (χ2v) is 6.85. The van der Waals surface area contributed by atoms with Crippen molar-refractivity contribution in [2.45, 2.75) is 45.4 Å². The van der Waals surface area contributed by atoms with Gasteiger partial charge in [0.15, 0.2) is 6.61 Å². The van der Waals surface area contributed by atoms with Crippen LogP contribution >= 0.6 is 0 Å². The SMILES string of the molecule is CC(C)(C)OC(=O)N1CCC(NCc2ccccc2OCC#N)C1. The van der Waals surface area contributed by atoms with Gasteiger partial charge >= 0.3 is 6.09 Å². The number of nitriles is 1. The van der Waals surface area contributed by atoms with Crippen molar-refractivity contribution in [1.29, 1.82) is 5.26 Å². The van der Waals surface area contributed by atoms with Crippen LogP contribution in [0.4, 0.5) is 4.79 Å². The first kappa shape index (κ1) is 18.1. The maximum Gasteiger partial charge on any atom is 0.410 e.